The molecule has 8 rings (SSSR count). The molecule has 6 aromatic carbocycles. The van der Waals surface area contributed by atoms with Crippen LogP contribution in [0.3, 0.4) is 0 Å². The van der Waals surface area contributed by atoms with E-state index in [1.54, 1.807) is 0 Å². The molecule has 0 amide bonds. The minimum atomic E-state index is 1.26. The normalized spacial score (nSPS) is 12.2. The summed E-state index contributed by atoms with van der Waals surface area (Å²) in [5.74, 6) is 0. The summed E-state index contributed by atoms with van der Waals surface area (Å²) in [7, 11) is 0. The molecule has 0 spiro atoms. The first-order valence-electron chi connectivity index (χ1n) is 11.5. The van der Waals surface area contributed by atoms with Gasteiger partial charge in [-0.25, -0.2) is 0 Å². The van der Waals surface area contributed by atoms with Gasteiger partial charge < -0.3 is 4.40 Å². The molecule has 1 nitrogen and oxygen atoms in total. The molecular formula is C32H19N. The van der Waals surface area contributed by atoms with Gasteiger partial charge in [-0.1, -0.05) is 97.1 Å². The van der Waals surface area contributed by atoms with Gasteiger partial charge in [0.25, 0.3) is 0 Å². The highest BCUT2D eigenvalue weighted by atomic mass is 14.9. The lowest BCUT2D eigenvalue weighted by Gasteiger charge is -2.17. The zero-order valence-electron chi connectivity index (χ0n) is 17.9. The third-order valence-electron chi connectivity index (χ3n) is 7.30. The molecule has 0 bridgehead atoms. The van der Waals surface area contributed by atoms with E-state index in [0.717, 1.165) is 0 Å². The molecule has 0 aliphatic carbocycles. The predicted octanol–water partition coefficient (Wildman–Crippen LogP) is 8.86. The van der Waals surface area contributed by atoms with Crippen molar-refractivity contribution in [2.24, 2.45) is 0 Å². The van der Waals surface area contributed by atoms with Gasteiger partial charge in [0.05, 0.1) is 16.6 Å². The van der Waals surface area contributed by atoms with Gasteiger partial charge in [0.1, 0.15) is 0 Å². The lowest BCUT2D eigenvalue weighted by Crippen LogP contribution is -1.94. The summed E-state index contributed by atoms with van der Waals surface area (Å²) in [4.78, 5) is 0. The van der Waals surface area contributed by atoms with Crippen LogP contribution in [-0.2, 0) is 0 Å². The predicted molar refractivity (Wildman–Crippen MR) is 142 cm³/mol. The van der Waals surface area contributed by atoms with Crippen molar-refractivity contribution in [3.05, 3.63) is 115 Å². The number of fused-ring (bicyclic) bond motifs is 15. The van der Waals surface area contributed by atoms with Crippen LogP contribution in [0.15, 0.2) is 115 Å². The second kappa shape index (κ2) is 6.11. The van der Waals surface area contributed by atoms with Crippen molar-refractivity contribution in [2.75, 3.05) is 0 Å². The third-order valence-corrected chi connectivity index (χ3v) is 7.30. The fraction of sp³-hybridized carbons (Fsp3) is 0. The molecule has 0 atom stereocenters. The fourth-order valence-electron chi connectivity index (χ4n) is 5.97. The molecule has 0 N–H and O–H groups in total. The van der Waals surface area contributed by atoms with E-state index in [0.29, 0.717) is 0 Å². The maximum absolute atomic E-state index is 2.47. The van der Waals surface area contributed by atoms with Crippen LogP contribution in [0.4, 0.5) is 0 Å². The number of hydrogen-bond donors (Lipinski definition) is 0. The van der Waals surface area contributed by atoms with Gasteiger partial charge >= 0.3 is 0 Å². The Kier molecular flexibility index (Phi) is 3.19. The maximum atomic E-state index is 2.47. The van der Waals surface area contributed by atoms with Crippen LogP contribution >= 0.6 is 0 Å². The molecule has 0 radical (unpaired) electrons. The number of nitrogens with zero attached hydrogens (tertiary/aromatic N) is 1. The van der Waals surface area contributed by atoms with E-state index < -0.39 is 0 Å². The molecule has 2 aromatic heterocycles. The summed E-state index contributed by atoms with van der Waals surface area (Å²) in [6.45, 7) is 0. The van der Waals surface area contributed by atoms with Crippen LogP contribution in [0.2, 0.25) is 0 Å². The number of rotatable bonds is 0. The zero-order valence-corrected chi connectivity index (χ0v) is 17.9. The van der Waals surface area contributed by atoms with Crippen molar-refractivity contribution in [3.63, 3.8) is 0 Å². The highest BCUT2D eigenvalue weighted by Gasteiger charge is 2.18. The van der Waals surface area contributed by atoms with E-state index in [2.05, 4.69) is 120 Å². The Morgan fingerprint density at radius 1 is 0.333 bits per heavy atom. The standard InChI is InChI=1S/C32H19N/c1-3-11-22-20(9-1)17-18-28-30(22)32-26-15-7-5-13-24(26)23-12-4-6-14-25(23)31(32)29-19-21-10-2-8-16-27(21)33(28)29/h1-19H. The molecule has 0 saturated carbocycles. The first-order chi connectivity index (χ1) is 16.4. The van der Waals surface area contributed by atoms with Gasteiger partial charge in [-0.05, 0) is 50.5 Å². The number of para-hydroxylation sites is 1. The first-order valence-corrected chi connectivity index (χ1v) is 11.5. The van der Waals surface area contributed by atoms with Gasteiger partial charge in [-0.3, -0.25) is 0 Å². The topological polar surface area (TPSA) is 4.41 Å². The third kappa shape index (κ3) is 2.12. The maximum Gasteiger partial charge on any atom is 0.0554 e. The number of benzene rings is 6. The Morgan fingerprint density at radius 2 is 0.879 bits per heavy atom. The van der Waals surface area contributed by atoms with E-state index in [-0.39, 0.29) is 0 Å². The second-order valence-electron chi connectivity index (χ2n) is 8.95. The molecule has 0 aliphatic rings. The molecule has 152 valence electrons. The van der Waals surface area contributed by atoms with E-state index >= 15 is 0 Å². The lowest BCUT2D eigenvalue weighted by atomic mass is 9.90. The van der Waals surface area contributed by atoms with Crippen LogP contribution in [0.1, 0.15) is 0 Å². The van der Waals surface area contributed by atoms with Crippen molar-refractivity contribution in [1.29, 1.82) is 0 Å². The van der Waals surface area contributed by atoms with Crippen molar-refractivity contribution < 1.29 is 0 Å². The van der Waals surface area contributed by atoms with Crippen molar-refractivity contribution in [3.8, 4) is 0 Å². The van der Waals surface area contributed by atoms with Crippen LogP contribution in [-0.4, -0.2) is 4.40 Å². The summed E-state index contributed by atoms with van der Waals surface area (Å²) in [5, 5.41) is 13.1. The van der Waals surface area contributed by atoms with E-state index in [1.165, 1.54) is 70.4 Å². The van der Waals surface area contributed by atoms with Crippen LogP contribution < -0.4 is 0 Å². The highest BCUT2D eigenvalue weighted by molar-refractivity contribution is 6.38. The lowest BCUT2D eigenvalue weighted by molar-refractivity contribution is 1.35. The van der Waals surface area contributed by atoms with Crippen LogP contribution in [0.25, 0.3) is 70.4 Å². The molecular weight excluding hydrogens is 398 g/mol. The monoisotopic (exact) mass is 417 g/mol. The van der Waals surface area contributed by atoms with E-state index in [1.807, 2.05) is 0 Å². The Bertz CT molecular complexity index is 2070. The summed E-state index contributed by atoms with van der Waals surface area (Å²) < 4.78 is 2.47. The number of pyridine rings is 1. The van der Waals surface area contributed by atoms with Crippen molar-refractivity contribution in [1.82, 2.24) is 4.40 Å². The molecule has 1 heteroatoms. The quantitative estimate of drug-likeness (QED) is 0.217. The van der Waals surface area contributed by atoms with E-state index in [9.17, 15) is 0 Å². The highest BCUT2D eigenvalue weighted by Crippen LogP contribution is 2.44. The van der Waals surface area contributed by atoms with Crippen LogP contribution in [0.5, 0.6) is 0 Å². The molecule has 0 aliphatic heterocycles. The van der Waals surface area contributed by atoms with Gasteiger partial charge in [0.2, 0.25) is 0 Å². The Hall–Kier alpha value is -4.36. The zero-order chi connectivity index (χ0) is 21.5. The number of aromatic nitrogens is 1. The Labute approximate surface area is 190 Å². The molecule has 8 aromatic rings. The molecule has 2 heterocycles. The first kappa shape index (κ1) is 17.2. The molecule has 0 saturated heterocycles. The largest absolute Gasteiger partial charge is 0.309 e. The van der Waals surface area contributed by atoms with Gasteiger partial charge in [-0.15, -0.1) is 0 Å². The van der Waals surface area contributed by atoms with Gasteiger partial charge in [-0.2, -0.15) is 0 Å². The smallest absolute Gasteiger partial charge is 0.0554 e. The molecule has 0 fully saturated rings. The average Bonchev–Trinajstić information content (AvgIpc) is 3.28. The second-order valence-corrected chi connectivity index (χ2v) is 8.95. The van der Waals surface area contributed by atoms with Crippen molar-refractivity contribution in [2.45, 2.75) is 0 Å². The Balaban J connectivity index is 1.88. The van der Waals surface area contributed by atoms with E-state index in [4.69, 9.17) is 0 Å². The SMILES string of the molecule is c1ccc2c(c1)ccc1c2c2c3ccccc3c3ccccc3c2c2cc3ccccc3n12. The molecule has 33 heavy (non-hydrogen) atoms. The van der Waals surface area contributed by atoms with Crippen LogP contribution in [0, 0.1) is 0 Å². The summed E-state index contributed by atoms with van der Waals surface area (Å²) in [5.41, 5.74) is 3.79. The Morgan fingerprint density at radius 3 is 1.64 bits per heavy atom. The van der Waals surface area contributed by atoms with Gasteiger partial charge in [0.15, 0.2) is 0 Å². The minimum absolute atomic E-state index is 1.26. The van der Waals surface area contributed by atoms with Crippen molar-refractivity contribution >= 4 is 70.4 Å². The minimum Gasteiger partial charge on any atom is -0.309 e. The van der Waals surface area contributed by atoms with Gasteiger partial charge in [0, 0.05) is 21.5 Å². The summed E-state index contributed by atoms with van der Waals surface area (Å²) in [6, 6.07) is 42.3. The fourth-order valence-corrected chi connectivity index (χ4v) is 5.97. The average molecular weight is 418 g/mol. The molecule has 0 unspecified atom stereocenters. The summed E-state index contributed by atoms with van der Waals surface area (Å²) >= 11 is 0. The summed E-state index contributed by atoms with van der Waals surface area (Å²) in [6.07, 6.45) is 0. The number of hydrogen-bond acceptors (Lipinski definition) is 0.